The van der Waals surface area contributed by atoms with Crippen molar-refractivity contribution in [1.29, 1.82) is 0 Å². The lowest BCUT2D eigenvalue weighted by atomic mass is 9.74. The first-order valence-corrected chi connectivity index (χ1v) is 7.76. The Hall–Kier alpha value is -1.45. The summed E-state index contributed by atoms with van der Waals surface area (Å²) >= 11 is 0. The number of piperidine rings is 1. The molecule has 1 saturated heterocycles. The van der Waals surface area contributed by atoms with Gasteiger partial charge in [-0.05, 0) is 56.9 Å². The number of hydrogen-bond acceptors (Lipinski definition) is 3. The summed E-state index contributed by atoms with van der Waals surface area (Å²) in [6.45, 7) is 5.06. The van der Waals surface area contributed by atoms with Crippen LogP contribution in [-0.4, -0.2) is 33.4 Å². The van der Waals surface area contributed by atoms with Crippen molar-refractivity contribution in [1.82, 2.24) is 14.9 Å². The van der Waals surface area contributed by atoms with Crippen LogP contribution in [0.4, 0.5) is 0 Å². The van der Waals surface area contributed by atoms with Crippen molar-refractivity contribution in [3.8, 4) is 0 Å². The van der Waals surface area contributed by atoms with Gasteiger partial charge in [-0.1, -0.05) is 6.92 Å². The third-order valence-corrected chi connectivity index (χ3v) is 4.83. The van der Waals surface area contributed by atoms with Crippen LogP contribution in [0.15, 0.2) is 12.3 Å². The van der Waals surface area contributed by atoms with Crippen LogP contribution in [0.5, 0.6) is 0 Å². The molecule has 1 aliphatic carbocycles. The largest absolute Gasteiger partial charge is 0.334 e. The Kier molecular flexibility index (Phi) is 3.72. The molecule has 3 atom stereocenters. The van der Waals surface area contributed by atoms with Gasteiger partial charge < -0.3 is 4.90 Å². The van der Waals surface area contributed by atoms with Crippen LogP contribution >= 0.6 is 0 Å². The fourth-order valence-electron chi connectivity index (χ4n) is 3.87. The molecule has 1 amide bonds. The second-order valence-corrected chi connectivity index (χ2v) is 6.38. The first kappa shape index (κ1) is 13.5. The number of fused-ring (bicyclic) bond motifs is 1. The zero-order chi connectivity index (χ0) is 14.1. The van der Waals surface area contributed by atoms with Crippen molar-refractivity contribution in [3.63, 3.8) is 0 Å². The fourth-order valence-corrected chi connectivity index (χ4v) is 3.87. The van der Waals surface area contributed by atoms with Crippen LogP contribution in [0.25, 0.3) is 0 Å². The lowest BCUT2D eigenvalue weighted by molar-refractivity contribution is 0.0316. The number of aromatic nitrogens is 2. The molecule has 1 saturated carbocycles. The van der Waals surface area contributed by atoms with E-state index in [-0.39, 0.29) is 5.91 Å². The van der Waals surface area contributed by atoms with E-state index in [1.807, 2.05) is 6.92 Å². The van der Waals surface area contributed by atoms with E-state index in [1.54, 1.807) is 12.3 Å². The summed E-state index contributed by atoms with van der Waals surface area (Å²) in [7, 11) is 0. The first-order valence-electron chi connectivity index (χ1n) is 7.76. The average Bonchev–Trinajstić information content (AvgIpc) is 2.45. The van der Waals surface area contributed by atoms with Crippen LogP contribution < -0.4 is 0 Å². The predicted octanol–water partition coefficient (Wildman–Crippen LogP) is 2.83. The van der Waals surface area contributed by atoms with Gasteiger partial charge in [0.15, 0.2) is 0 Å². The fraction of sp³-hybridized carbons (Fsp3) is 0.688. The van der Waals surface area contributed by atoms with E-state index in [0.717, 1.165) is 25.3 Å². The molecule has 1 aromatic rings. The molecule has 3 rings (SSSR count). The van der Waals surface area contributed by atoms with Crippen LogP contribution in [0, 0.1) is 18.8 Å². The van der Waals surface area contributed by atoms with Crippen LogP contribution in [0.1, 0.15) is 55.3 Å². The Bertz CT molecular complexity index is 502. The van der Waals surface area contributed by atoms with E-state index in [9.17, 15) is 4.79 Å². The normalized spacial score (nSPS) is 29.9. The van der Waals surface area contributed by atoms with Crippen molar-refractivity contribution >= 4 is 5.91 Å². The Morgan fingerprint density at radius 3 is 3.00 bits per heavy atom. The quantitative estimate of drug-likeness (QED) is 0.790. The van der Waals surface area contributed by atoms with Crippen molar-refractivity contribution < 1.29 is 4.79 Å². The Balaban J connectivity index is 1.80. The van der Waals surface area contributed by atoms with Gasteiger partial charge in [-0.15, -0.1) is 0 Å². The summed E-state index contributed by atoms with van der Waals surface area (Å²) in [4.78, 5) is 23.2. The van der Waals surface area contributed by atoms with Gasteiger partial charge in [0.05, 0.1) is 0 Å². The van der Waals surface area contributed by atoms with Gasteiger partial charge in [-0.25, -0.2) is 9.97 Å². The van der Waals surface area contributed by atoms with Gasteiger partial charge in [-0.2, -0.15) is 0 Å². The maximum Gasteiger partial charge on any atom is 0.272 e. The highest BCUT2D eigenvalue weighted by atomic mass is 16.2. The second kappa shape index (κ2) is 5.51. The van der Waals surface area contributed by atoms with Gasteiger partial charge in [0.25, 0.3) is 5.91 Å². The number of likely N-dealkylation sites (tertiary alicyclic amines) is 1. The van der Waals surface area contributed by atoms with Crippen molar-refractivity contribution in [2.24, 2.45) is 11.8 Å². The molecule has 0 spiro atoms. The summed E-state index contributed by atoms with van der Waals surface area (Å²) in [5.74, 6) is 2.27. The SMILES string of the molecule is Cc1nccc(C(=O)N2CCCC3CC(C)CCC32)n1. The third kappa shape index (κ3) is 2.56. The van der Waals surface area contributed by atoms with E-state index >= 15 is 0 Å². The summed E-state index contributed by atoms with van der Waals surface area (Å²) in [5, 5.41) is 0. The molecule has 1 aliphatic heterocycles. The minimum Gasteiger partial charge on any atom is -0.334 e. The molecule has 2 fully saturated rings. The van der Waals surface area contributed by atoms with E-state index in [1.165, 1.54) is 19.3 Å². The third-order valence-electron chi connectivity index (χ3n) is 4.83. The van der Waals surface area contributed by atoms with Crippen molar-refractivity contribution in [2.45, 2.75) is 52.0 Å². The maximum absolute atomic E-state index is 12.7. The summed E-state index contributed by atoms with van der Waals surface area (Å²) in [6, 6.07) is 2.17. The molecule has 1 aromatic heterocycles. The maximum atomic E-state index is 12.7. The number of nitrogens with zero attached hydrogens (tertiary/aromatic N) is 3. The molecule has 108 valence electrons. The molecule has 0 aromatic carbocycles. The lowest BCUT2D eigenvalue weighted by Gasteiger charge is -2.45. The molecule has 0 N–H and O–H groups in total. The minimum absolute atomic E-state index is 0.0970. The van der Waals surface area contributed by atoms with Crippen molar-refractivity contribution in [3.05, 3.63) is 23.8 Å². The lowest BCUT2D eigenvalue weighted by Crippen LogP contribution is -2.50. The molecule has 2 aliphatic rings. The zero-order valence-corrected chi connectivity index (χ0v) is 12.4. The highest BCUT2D eigenvalue weighted by molar-refractivity contribution is 5.92. The number of hydrogen-bond donors (Lipinski definition) is 0. The number of aryl methyl sites for hydroxylation is 1. The van der Waals surface area contributed by atoms with Gasteiger partial charge in [0, 0.05) is 18.8 Å². The van der Waals surface area contributed by atoms with E-state index in [0.29, 0.717) is 23.5 Å². The smallest absolute Gasteiger partial charge is 0.272 e. The molecule has 2 heterocycles. The number of carbonyl (C=O) groups is 1. The van der Waals surface area contributed by atoms with Crippen LogP contribution in [0.3, 0.4) is 0 Å². The standard InChI is InChI=1S/C16H23N3O/c1-11-5-6-15-13(10-11)4-3-9-19(15)16(20)14-7-8-17-12(2)18-14/h7-8,11,13,15H,3-6,9-10H2,1-2H3. The van der Waals surface area contributed by atoms with Gasteiger partial charge >= 0.3 is 0 Å². The molecular formula is C16H23N3O. The summed E-state index contributed by atoms with van der Waals surface area (Å²) in [5.41, 5.74) is 0.553. The predicted molar refractivity (Wildman–Crippen MR) is 77.3 cm³/mol. The summed E-state index contributed by atoms with van der Waals surface area (Å²) < 4.78 is 0. The molecule has 0 radical (unpaired) electrons. The van der Waals surface area contributed by atoms with Gasteiger partial charge in [0.1, 0.15) is 11.5 Å². The van der Waals surface area contributed by atoms with E-state index < -0.39 is 0 Å². The minimum atomic E-state index is 0.0970. The highest BCUT2D eigenvalue weighted by Gasteiger charge is 2.38. The number of amides is 1. The van der Waals surface area contributed by atoms with E-state index in [2.05, 4.69) is 21.8 Å². The molecule has 3 unspecified atom stereocenters. The topological polar surface area (TPSA) is 46.1 Å². The second-order valence-electron chi connectivity index (χ2n) is 6.38. The number of rotatable bonds is 1. The Morgan fingerprint density at radius 1 is 1.35 bits per heavy atom. The average molecular weight is 273 g/mol. The molecule has 4 heteroatoms. The van der Waals surface area contributed by atoms with Crippen molar-refractivity contribution in [2.75, 3.05) is 6.54 Å². The van der Waals surface area contributed by atoms with Gasteiger partial charge in [-0.3, -0.25) is 4.79 Å². The Morgan fingerprint density at radius 2 is 2.20 bits per heavy atom. The zero-order valence-electron chi connectivity index (χ0n) is 12.4. The number of carbonyl (C=O) groups excluding carboxylic acids is 1. The monoisotopic (exact) mass is 273 g/mol. The van der Waals surface area contributed by atoms with E-state index in [4.69, 9.17) is 0 Å². The molecule has 20 heavy (non-hydrogen) atoms. The molecule has 4 nitrogen and oxygen atoms in total. The van der Waals surface area contributed by atoms with Crippen LogP contribution in [-0.2, 0) is 0 Å². The molecule has 0 bridgehead atoms. The first-order chi connectivity index (χ1) is 9.65. The summed E-state index contributed by atoms with van der Waals surface area (Å²) in [6.07, 6.45) is 7.76. The Labute approximate surface area is 120 Å². The highest BCUT2D eigenvalue weighted by Crippen LogP contribution is 2.38. The molecular weight excluding hydrogens is 250 g/mol. The van der Waals surface area contributed by atoms with Crippen LogP contribution in [0.2, 0.25) is 0 Å². The van der Waals surface area contributed by atoms with Gasteiger partial charge in [0.2, 0.25) is 0 Å².